The SMILES string of the molecule is CCCCN(CC(N)=O)c1ncc(I)cn1. The van der Waals surface area contributed by atoms with E-state index in [9.17, 15) is 4.79 Å². The Kier molecular flexibility index (Phi) is 5.44. The average molecular weight is 334 g/mol. The summed E-state index contributed by atoms with van der Waals surface area (Å²) in [6, 6.07) is 0. The van der Waals surface area contributed by atoms with Crippen molar-refractivity contribution < 1.29 is 4.79 Å². The molecule has 0 unspecified atom stereocenters. The van der Waals surface area contributed by atoms with Crippen LogP contribution in [0.1, 0.15) is 19.8 Å². The monoisotopic (exact) mass is 334 g/mol. The van der Waals surface area contributed by atoms with Crippen LogP contribution < -0.4 is 10.6 Å². The zero-order chi connectivity index (χ0) is 12.0. The lowest BCUT2D eigenvalue weighted by Gasteiger charge is -2.20. The molecule has 0 aliphatic carbocycles. The first-order valence-corrected chi connectivity index (χ1v) is 6.22. The molecule has 88 valence electrons. The predicted octanol–water partition coefficient (Wildman–Crippen LogP) is 1.17. The number of anilines is 1. The van der Waals surface area contributed by atoms with Crippen molar-refractivity contribution in [2.45, 2.75) is 19.8 Å². The van der Waals surface area contributed by atoms with Crippen molar-refractivity contribution in [2.75, 3.05) is 18.0 Å². The fourth-order valence-electron chi connectivity index (χ4n) is 1.26. The van der Waals surface area contributed by atoms with Crippen LogP contribution in [0.25, 0.3) is 0 Å². The molecule has 0 saturated carbocycles. The summed E-state index contributed by atoms with van der Waals surface area (Å²) in [6.45, 7) is 3.01. The van der Waals surface area contributed by atoms with Crippen LogP contribution in [0, 0.1) is 3.57 Å². The zero-order valence-corrected chi connectivity index (χ0v) is 11.3. The summed E-state index contributed by atoms with van der Waals surface area (Å²) < 4.78 is 0.968. The van der Waals surface area contributed by atoms with E-state index in [-0.39, 0.29) is 12.5 Å². The fraction of sp³-hybridized carbons (Fsp3) is 0.500. The summed E-state index contributed by atoms with van der Waals surface area (Å²) in [5.41, 5.74) is 5.19. The molecule has 2 N–H and O–H groups in total. The molecule has 0 radical (unpaired) electrons. The third-order valence-electron chi connectivity index (χ3n) is 2.02. The lowest BCUT2D eigenvalue weighted by molar-refractivity contribution is -0.116. The fourth-order valence-corrected chi connectivity index (χ4v) is 1.53. The zero-order valence-electron chi connectivity index (χ0n) is 9.19. The van der Waals surface area contributed by atoms with Crippen molar-refractivity contribution in [1.82, 2.24) is 9.97 Å². The van der Waals surface area contributed by atoms with Gasteiger partial charge in [0.1, 0.15) is 0 Å². The Hall–Kier alpha value is -0.920. The van der Waals surface area contributed by atoms with Crippen molar-refractivity contribution in [2.24, 2.45) is 5.73 Å². The van der Waals surface area contributed by atoms with Gasteiger partial charge in [0.2, 0.25) is 11.9 Å². The number of hydrogen-bond donors (Lipinski definition) is 1. The number of primary amides is 1. The van der Waals surface area contributed by atoms with Gasteiger partial charge < -0.3 is 10.6 Å². The van der Waals surface area contributed by atoms with E-state index in [1.165, 1.54) is 0 Å². The van der Waals surface area contributed by atoms with Crippen LogP contribution in [0.5, 0.6) is 0 Å². The summed E-state index contributed by atoms with van der Waals surface area (Å²) in [7, 11) is 0. The van der Waals surface area contributed by atoms with E-state index in [0.29, 0.717) is 5.95 Å². The number of nitrogens with zero attached hydrogens (tertiary/aromatic N) is 3. The minimum atomic E-state index is -0.363. The van der Waals surface area contributed by atoms with Gasteiger partial charge in [-0.05, 0) is 29.0 Å². The van der Waals surface area contributed by atoms with Gasteiger partial charge in [0.05, 0.1) is 6.54 Å². The van der Waals surface area contributed by atoms with E-state index in [2.05, 4.69) is 39.5 Å². The molecular formula is C10H15IN4O. The molecule has 1 aromatic rings. The smallest absolute Gasteiger partial charge is 0.237 e. The second kappa shape index (κ2) is 6.62. The molecule has 0 aromatic carbocycles. The Balaban J connectivity index is 2.74. The van der Waals surface area contributed by atoms with Crippen LogP contribution in [0.4, 0.5) is 5.95 Å². The average Bonchev–Trinajstić information content (AvgIpc) is 2.25. The van der Waals surface area contributed by atoms with Crippen molar-refractivity contribution in [3.8, 4) is 0 Å². The number of carbonyl (C=O) groups excluding carboxylic acids is 1. The maximum Gasteiger partial charge on any atom is 0.237 e. The van der Waals surface area contributed by atoms with Crippen LogP contribution in [-0.2, 0) is 4.79 Å². The van der Waals surface area contributed by atoms with Crippen LogP contribution in [0.3, 0.4) is 0 Å². The van der Waals surface area contributed by atoms with Gasteiger partial charge in [-0.15, -0.1) is 0 Å². The first-order chi connectivity index (χ1) is 7.63. The minimum Gasteiger partial charge on any atom is -0.368 e. The van der Waals surface area contributed by atoms with Gasteiger partial charge in [0.25, 0.3) is 0 Å². The summed E-state index contributed by atoms with van der Waals surface area (Å²) in [5, 5.41) is 0. The summed E-state index contributed by atoms with van der Waals surface area (Å²) in [5.74, 6) is 0.200. The first kappa shape index (κ1) is 13.1. The Morgan fingerprint density at radius 3 is 2.62 bits per heavy atom. The highest BCUT2D eigenvalue weighted by Crippen LogP contribution is 2.09. The number of rotatable bonds is 6. The first-order valence-electron chi connectivity index (χ1n) is 5.14. The van der Waals surface area contributed by atoms with Crippen molar-refractivity contribution in [1.29, 1.82) is 0 Å². The standard InChI is InChI=1S/C10H15IN4O/c1-2-3-4-15(7-9(12)16)10-13-5-8(11)6-14-10/h5-6H,2-4,7H2,1H3,(H2,12,16). The number of nitrogens with two attached hydrogens (primary N) is 1. The number of amides is 1. The molecule has 0 fully saturated rings. The molecule has 0 aliphatic rings. The number of aromatic nitrogens is 2. The van der Waals surface area contributed by atoms with Crippen LogP contribution >= 0.6 is 22.6 Å². The third-order valence-corrected chi connectivity index (χ3v) is 2.57. The Labute approximate surface area is 109 Å². The molecule has 5 nitrogen and oxygen atoms in total. The normalized spacial score (nSPS) is 10.1. The molecule has 1 rings (SSSR count). The van der Waals surface area contributed by atoms with Crippen LogP contribution in [0.15, 0.2) is 12.4 Å². The number of carbonyl (C=O) groups is 1. The summed E-state index contributed by atoms with van der Waals surface area (Å²) >= 11 is 2.14. The van der Waals surface area contributed by atoms with E-state index in [4.69, 9.17) is 5.73 Å². The molecular weight excluding hydrogens is 319 g/mol. The Morgan fingerprint density at radius 2 is 2.12 bits per heavy atom. The highest BCUT2D eigenvalue weighted by atomic mass is 127. The molecule has 16 heavy (non-hydrogen) atoms. The van der Waals surface area contributed by atoms with Crippen molar-refractivity contribution in [3.63, 3.8) is 0 Å². The van der Waals surface area contributed by atoms with E-state index in [1.54, 1.807) is 12.4 Å². The quantitative estimate of drug-likeness (QED) is 0.793. The van der Waals surface area contributed by atoms with Crippen LogP contribution in [-0.4, -0.2) is 29.0 Å². The Bertz CT molecular complexity index is 341. The van der Waals surface area contributed by atoms with Crippen molar-refractivity contribution >= 4 is 34.4 Å². The third kappa shape index (κ3) is 4.30. The van der Waals surface area contributed by atoms with Crippen LogP contribution in [0.2, 0.25) is 0 Å². The largest absolute Gasteiger partial charge is 0.368 e. The van der Waals surface area contributed by atoms with Gasteiger partial charge >= 0.3 is 0 Å². The maximum absolute atomic E-state index is 10.9. The topological polar surface area (TPSA) is 72.1 Å². The van der Waals surface area contributed by atoms with E-state index in [0.717, 1.165) is 23.0 Å². The van der Waals surface area contributed by atoms with Gasteiger partial charge in [-0.1, -0.05) is 13.3 Å². The molecule has 6 heteroatoms. The van der Waals surface area contributed by atoms with E-state index in [1.807, 2.05) is 4.90 Å². The van der Waals surface area contributed by atoms with Gasteiger partial charge in [0, 0.05) is 22.5 Å². The molecule has 0 spiro atoms. The lowest BCUT2D eigenvalue weighted by atomic mass is 10.3. The molecule has 0 bridgehead atoms. The van der Waals surface area contributed by atoms with Gasteiger partial charge in [-0.25, -0.2) is 9.97 Å². The molecule has 0 atom stereocenters. The highest BCUT2D eigenvalue weighted by Gasteiger charge is 2.11. The second-order valence-corrected chi connectivity index (χ2v) is 4.69. The molecule has 1 aromatic heterocycles. The minimum absolute atomic E-state index is 0.167. The molecule has 0 saturated heterocycles. The molecule has 0 aliphatic heterocycles. The second-order valence-electron chi connectivity index (χ2n) is 3.44. The Morgan fingerprint density at radius 1 is 1.50 bits per heavy atom. The lowest BCUT2D eigenvalue weighted by Crippen LogP contribution is -2.35. The predicted molar refractivity (Wildman–Crippen MR) is 71.1 cm³/mol. The van der Waals surface area contributed by atoms with E-state index < -0.39 is 0 Å². The van der Waals surface area contributed by atoms with Gasteiger partial charge in [-0.2, -0.15) is 0 Å². The maximum atomic E-state index is 10.9. The summed E-state index contributed by atoms with van der Waals surface area (Å²) in [4.78, 5) is 21.1. The molecule has 1 amide bonds. The van der Waals surface area contributed by atoms with Crippen molar-refractivity contribution in [3.05, 3.63) is 16.0 Å². The van der Waals surface area contributed by atoms with Gasteiger partial charge in [-0.3, -0.25) is 4.79 Å². The number of hydrogen-bond acceptors (Lipinski definition) is 4. The van der Waals surface area contributed by atoms with E-state index >= 15 is 0 Å². The van der Waals surface area contributed by atoms with Gasteiger partial charge in [0.15, 0.2) is 0 Å². The molecule has 1 heterocycles. The summed E-state index contributed by atoms with van der Waals surface area (Å²) in [6.07, 6.45) is 5.49. The number of unbranched alkanes of at least 4 members (excludes halogenated alkanes) is 1. The number of halogens is 1. The highest BCUT2D eigenvalue weighted by molar-refractivity contribution is 14.1.